The monoisotopic (exact) mass is 259 g/mol. The standard InChI is InChI=1S/C13H25NO4/c1-8(2)9(3)14(10(4)11(15)16)12(17)18-13(5,6)7/h8-10H,1-7H3,(H,15,16). The van der Waals surface area contributed by atoms with Crippen molar-refractivity contribution in [3.63, 3.8) is 0 Å². The summed E-state index contributed by atoms with van der Waals surface area (Å²) in [7, 11) is 0. The van der Waals surface area contributed by atoms with Crippen molar-refractivity contribution in [2.24, 2.45) is 5.92 Å². The predicted molar refractivity (Wildman–Crippen MR) is 69.5 cm³/mol. The maximum Gasteiger partial charge on any atom is 0.411 e. The van der Waals surface area contributed by atoms with Crippen molar-refractivity contribution >= 4 is 12.1 Å². The van der Waals surface area contributed by atoms with Gasteiger partial charge in [0.1, 0.15) is 11.6 Å². The van der Waals surface area contributed by atoms with Gasteiger partial charge in [-0.25, -0.2) is 9.59 Å². The molecule has 0 aliphatic rings. The number of carbonyl (C=O) groups excluding carboxylic acids is 1. The fourth-order valence-corrected chi connectivity index (χ4v) is 1.43. The van der Waals surface area contributed by atoms with Crippen molar-refractivity contribution < 1.29 is 19.4 Å². The summed E-state index contributed by atoms with van der Waals surface area (Å²) in [5.74, 6) is -0.882. The van der Waals surface area contributed by atoms with Gasteiger partial charge in [0.05, 0.1) is 0 Å². The molecule has 1 N–H and O–H groups in total. The molecule has 0 bridgehead atoms. The number of rotatable bonds is 4. The maximum atomic E-state index is 12.1. The van der Waals surface area contributed by atoms with E-state index in [1.807, 2.05) is 20.8 Å². The third-order valence-corrected chi connectivity index (χ3v) is 2.78. The zero-order valence-corrected chi connectivity index (χ0v) is 12.4. The van der Waals surface area contributed by atoms with E-state index < -0.39 is 23.7 Å². The summed E-state index contributed by atoms with van der Waals surface area (Å²) in [4.78, 5) is 24.5. The number of hydrogen-bond donors (Lipinski definition) is 1. The summed E-state index contributed by atoms with van der Waals surface area (Å²) >= 11 is 0. The molecule has 0 aliphatic heterocycles. The van der Waals surface area contributed by atoms with Crippen LogP contribution in [-0.2, 0) is 9.53 Å². The molecule has 0 saturated heterocycles. The highest BCUT2D eigenvalue weighted by Crippen LogP contribution is 2.18. The molecule has 5 heteroatoms. The van der Waals surface area contributed by atoms with Crippen LogP contribution >= 0.6 is 0 Å². The molecule has 0 aromatic carbocycles. The van der Waals surface area contributed by atoms with E-state index in [-0.39, 0.29) is 12.0 Å². The zero-order chi connectivity index (χ0) is 14.7. The lowest BCUT2D eigenvalue weighted by atomic mass is 10.0. The van der Waals surface area contributed by atoms with Crippen LogP contribution in [0.15, 0.2) is 0 Å². The number of carbonyl (C=O) groups is 2. The van der Waals surface area contributed by atoms with Crippen LogP contribution in [0.2, 0.25) is 0 Å². The van der Waals surface area contributed by atoms with Crippen LogP contribution in [0.25, 0.3) is 0 Å². The molecule has 0 aromatic rings. The summed E-state index contributed by atoms with van der Waals surface area (Å²) in [6.45, 7) is 12.5. The molecule has 5 nitrogen and oxygen atoms in total. The van der Waals surface area contributed by atoms with Gasteiger partial charge in [-0.15, -0.1) is 0 Å². The van der Waals surface area contributed by atoms with Gasteiger partial charge in [-0.1, -0.05) is 13.8 Å². The Morgan fingerprint density at radius 2 is 1.56 bits per heavy atom. The highest BCUT2D eigenvalue weighted by molar-refractivity contribution is 5.80. The topological polar surface area (TPSA) is 66.8 Å². The van der Waals surface area contributed by atoms with Crippen molar-refractivity contribution in [3.8, 4) is 0 Å². The molecular formula is C13H25NO4. The second kappa shape index (κ2) is 6.07. The Hall–Kier alpha value is -1.26. The molecule has 0 aromatic heterocycles. The smallest absolute Gasteiger partial charge is 0.411 e. The Morgan fingerprint density at radius 1 is 1.11 bits per heavy atom. The molecule has 18 heavy (non-hydrogen) atoms. The van der Waals surface area contributed by atoms with Gasteiger partial charge in [0.25, 0.3) is 0 Å². The normalized spacial score (nSPS) is 15.1. The molecule has 1 amide bonds. The van der Waals surface area contributed by atoms with Crippen molar-refractivity contribution in [2.45, 2.75) is 66.2 Å². The molecular weight excluding hydrogens is 234 g/mol. The maximum absolute atomic E-state index is 12.1. The molecule has 0 spiro atoms. The average molecular weight is 259 g/mol. The highest BCUT2D eigenvalue weighted by atomic mass is 16.6. The fourth-order valence-electron chi connectivity index (χ4n) is 1.43. The minimum absolute atomic E-state index is 0.152. The Balaban J connectivity index is 5.10. The van der Waals surface area contributed by atoms with E-state index in [9.17, 15) is 9.59 Å². The largest absolute Gasteiger partial charge is 0.480 e. The van der Waals surface area contributed by atoms with E-state index in [0.717, 1.165) is 0 Å². The fraction of sp³-hybridized carbons (Fsp3) is 0.846. The third kappa shape index (κ3) is 4.94. The summed E-state index contributed by atoms with van der Waals surface area (Å²) in [5, 5.41) is 9.08. The number of aliphatic carboxylic acids is 1. The molecule has 0 aliphatic carbocycles. The van der Waals surface area contributed by atoms with Crippen LogP contribution < -0.4 is 0 Å². The third-order valence-electron chi connectivity index (χ3n) is 2.78. The van der Waals surface area contributed by atoms with Crippen LogP contribution in [0.4, 0.5) is 4.79 Å². The van der Waals surface area contributed by atoms with E-state index in [1.165, 1.54) is 11.8 Å². The lowest BCUT2D eigenvalue weighted by molar-refractivity contribution is -0.143. The number of hydrogen-bond acceptors (Lipinski definition) is 3. The van der Waals surface area contributed by atoms with Crippen molar-refractivity contribution in [3.05, 3.63) is 0 Å². The molecule has 0 saturated carbocycles. The highest BCUT2D eigenvalue weighted by Gasteiger charge is 2.34. The van der Waals surface area contributed by atoms with Gasteiger partial charge in [0, 0.05) is 6.04 Å². The minimum Gasteiger partial charge on any atom is -0.480 e. The summed E-state index contributed by atoms with van der Waals surface area (Å²) < 4.78 is 5.27. The van der Waals surface area contributed by atoms with Gasteiger partial charge in [-0.3, -0.25) is 4.90 Å². The number of carboxylic acids is 1. The van der Waals surface area contributed by atoms with Crippen LogP contribution in [0, 0.1) is 5.92 Å². The second-order valence-corrected chi connectivity index (χ2v) is 5.89. The van der Waals surface area contributed by atoms with Gasteiger partial charge < -0.3 is 9.84 Å². The molecule has 0 fully saturated rings. The van der Waals surface area contributed by atoms with Crippen LogP contribution in [-0.4, -0.2) is 39.8 Å². The molecule has 2 unspecified atom stereocenters. The van der Waals surface area contributed by atoms with E-state index in [1.54, 1.807) is 20.8 Å². The Morgan fingerprint density at radius 3 is 1.83 bits per heavy atom. The van der Waals surface area contributed by atoms with E-state index in [0.29, 0.717) is 0 Å². The first-order valence-electron chi connectivity index (χ1n) is 6.21. The Labute approximate surface area is 109 Å². The minimum atomic E-state index is -1.03. The van der Waals surface area contributed by atoms with Gasteiger partial charge in [0.2, 0.25) is 0 Å². The first-order chi connectivity index (χ1) is 7.97. The van der Waals surface area contributed by atoms with Crippen molar-refractivity contribution in [1.82, 2.24) is 4.90 Å². The Kier molecular flexibility index (Phi) is 5.64. The van der Waals surface area contributed by atoms with Gasteiger partial charge in [0.15, 0.2) is 0 Å². The lowest BCUT2D eigenvalue weighted by Crippen LogP contribution is -2.51. The van der Waals surface area contributed by atoms with E-state index in [4.69, 9.17) is 9.84 Å². The molecule has 106 valence electrons. The first kappa shape index (κ1) is 16.7. The predicted octanol–water partition coefficient (Wildman–Crippen LogP) is 2.74. The molecule has 0 rings (SSSR count). The lowest BCUT2D eigenvalue weighted by Gasteiger charge is -2.36. The van der Waals surface area contributed by atoms with Crippen molar-refractivity contribution in [2.75, 3.05) is 0 Å². The number of carboxylic acid groups (broad SMARTS) is 1. The van der Waals surface area contributed by atoms with Crippen LogP contribution in [0.3, 0.4) is 0 Å². The van der Waals surface area contributed by atoms with Crippen molar-refractivity contribution in [1.29, 1.82) is 0 Å². The summed E-state index contributed by atoms with van der Waals surface area (Å²) in [6, 6.07) is -1.11. The molecule has 0 radical (unpaired) electrons. The SMILES string of the molecule is CC(C)C(C)N(C(=O)OC(C)(C)C)C(C)C(=O)O. The van der Waals surface area contributed by atoms with E-state index >= 15 is 0 Å². The second-order valence-electron chi connectivity index (χ2n) is 5.89. The number of ether oxygens (including phenoxy) is 1. The summed E-state index contributed by atoms with van der Waals surface area (Å²) in [6.07, 6.45) is -0.585. The summed E-state index contributed by atoms with van der Waals surface area (Å²) in [5.41, 5.74) is -0.635. The molecule has 2 atom stereocenters. The average Bonchev–Trinajstić information content (AvgIpc) is 2.14. The van der Waals surface area contributed by atoms with E-state index in [2.05, 4.69) is 0 Å². The number of amides is 1. The quantitative estimate of drug-likeness (QED) is 0.843. The molecule has 0 heterocycles. The number of nitrogens with zero attached hydrogens (tertiary/aromatic N) is 1. The Bertz CT molecular complexity index is 307. The first-order valence-corrected chi connectivity index (χ1v) is 6.21. The van der Waals surface area contributed by atoms with Gasteiger partial charge >= 0.3 is 12.1 Å². The van der Waals surface area contributed by atoms with Crippen LogP contribution in [0.1, 0.15) is 48.5 Å². The van der Waals surface area contributed by atoms with Gasteiger partial charge in [-0.05, 0) is 40.5 Å². The zero-order valence-electron chi connectivity index (χ0n) is 12.4. The van der Waals surface area contributed by atoms with Gasteiger partial charge in [-0.2, -0.15) is 0 Å². The van der Waals surface area contributed by atoms with Crippen LogP contribution in [0.5, 0.6) is 0 Å².